The maximum atomic E-state index is 12.3. The summed E-state index contributed by atoms with van der Waals surface area (Å²) in [6, 6.07) is 0.296. The van der Waals surface area contributed by atoms with Crippen molar-refractivity contribution in [3.05, 3.63) is 0 Å². The van der Waals surface area contributed by atoms with E-state index in [9.17, 15) is 4.79 Å². The number of carbonyl (C=O) groups excluding carboxylic acids is 1. The molecule has 0 aromatic rings. The lowest BCUT2D eigenvalue weighted by molar-refractivity contribution is 0.0137. The lowest BCUT2D eigenvalue weighted by Crippen LogP contribution is -2.57. The molecule has 0 spiro atoms. The normalized spacial score (nSPS) is 27.2. The number of amides is 1. The van der Waals surface area contributed by atoms with Gasteiger partial charge in [-0.15, -0.1) is 24.0 Å². The summed E-state index contributed by atoms with van der Waals surface area (Å²) in [5, 5.41) is 3.63. The predicted molar refractivity (Wildman–Crippen MR) is 108 cm³/mol. The van der Waals surface area contributed by atoms with Crippen LogP contribution in [0.2, 0.25) is 0 Å². The molecular weight excluding hydrogens is 431 g/mol. The van der Waals surface area contributed by atoms with Crippen LogP contribution in [0.25, 0.3) is 0 Å². The zero-order valence-electron chi connectivity index (χ0n) is 15.6. The molecule has 0 radical (unpaired) electrons. The molecule has 0 aromatic heterocycles. The number of guanidine groups is 1. The first kappa shape index (κ1) is 19.0. The maximum Gasteiger partial charge on any atom is 0.410 e. The SMILES string of the molecule is CC(C)(C)OC(=O)N1CCN2C(NCC3(C4CC4)CC3)=NCC2C1.I. The fourth-order valence-electron chi connectivity index (χ4n) is 4.06. The van der Waals surface area contributed by atoms with E-state index >= 15 is 0 Å². The van der Waals surface area contributed by atoms with Crippen LogP contribution in [0.5, 0.6) is 0 Å². The number of hydrogen-bond donors (Lipinski definition) is 1. The lowest BCUT2D eigenvalue weighted by atomic mass is 10.0. The molecule has 2 heterocycles. The minimum absolute atomic E-state index is 0. The van der Waals surface area contributed by atoms with Crippen LogP contribution in [0.4, 0.5) is 4.79 Å². The zero-order chi connectivity index (χ0) is 16.9. The van der Waals surface area contributed by atoms with Crippen LogP contribution in [-0.4, -0.2) is 66.2 Å². The summed E-state index contributed by atoms with van der Waals surface area (Å²) in [6.45, 7) is 9.84. The van der Waals surface area contributed by atoms with Crippen LogP contribution in [0.1, 0.15) is 46.5 Å². The van der Waals surface area contributed by atoms with Crippen molar-refractivity contribution in [2.45, 2.75) is 58.1 Å². The minimum Gasteiger partial charge on any atom is -0.444 e. The van der Waals surface area contributed by atoms with E-state index in [1.54, 1.807) is 0 Å². The highest BCUT2D eigenvalue weighted by molar-refractivity contribution is 14.0. The number of nitrogens with zero attached hydrogens (tertiary/aromatic N) is 3. The Morgan fingerprint density at radius 1 is 1.32 bits per heavy atom. The number of ether oxygens (including phenoxy) is 1. The first-order chi connectivity index (χ1) is 11.4. The Bertz CT molecular complexity index is 552. The van der Waals surface area contributed by atoms with Gasteiger partial charge in [0.15, 0.2) is 5.96 Å². The fourth-order valence-corrected chi connectivity index (χ4v) is 4.06. The van der Waals surface area contributed by atoms with Crippen molar-refractivity contribution in [1.29, 1.82) is 0 Å². The molecule has 1 amide bonds. The molecule has 1 N–H and O–H groups in total. The second-order valence-electron chi connectivity index (χ2n) is 8.93. The van der Waals surface area contributed by atoms with E-state index in [4.69, 9.17) is 9.73 Å². The van der Waals surface area contributed by atoms with Crippen LogP contribution < -0.4 is 5.32 Å². The van der Waals surface area contributed by atoms with Gasteiger partial charge in [-0.05, 0) is 57.8 Å². The van der Waals surface area contributed by atoms with E-state index in [0.717, 1.165) is 31.5 Å². The molecular formula is C18H31IN4O2. The van der Waals surface area contributed by atoms with Crippen molar-refractivity contribution in [3.63, 3.8) is 0 Å². The Balaban J connectivity index is 0.00000182. The summed E-state index contributed by atoms with van der Waals surface area (Å²) in [6.07, 6.45) is 5.41. The summed E-state index contributed by atoms with van der Waals surface area (Å²) in [5.41, 5.74) is 0.146. The van der Waals surface area contributed by atoms with Crippen molar-refractivity contribution >= 4 is 36.0 Å². The van der Waals surface area contributed by atoms with Crippen molar-refractivity contribution in [1.82, 2.24) is 15.1 Å². The van der Waals surface area contributed by atoms with Crippen molar-refractivity contribution < 1.29 is 9.53 Å². The Morgan fingerprint density at radius 2 is 2.04 bits per heavy atom. The molecule has 1 atom stereocenters. The largest absolute Gasteiger partial charge is 0.444 e. The molecule has 2 aliphatic carbocycles. The number of nitrogens with one attached hydrogen (secondary N) is 1. The summed E-state index contributed by atoms with van der Waals surface area (Å²) < 4.78 is 5.50. The van der Waals surface area contributed by atoms with Crippen molar-refractivity contribution in [3.8, 4) is 0 Å². The molecule has 1 saturated heterocycles. The third-order valence-corrected chi connectivity index (χ3v) is 5.79. The Hall–Kier alpha value is -0.730. The van der Waals surface area contributed by atoms with E-state index in [2.05, 4.69) is 10.2 Å². The Morgan fingerprint density at radius 3 is 2.64 bits per heavy atom. The summed E-state index contributed by atoms with van der Waals surface area (Å²) in [4.78, 5) is 21.2. The zero-order valence-corrected chi connectivity index (χ0v) is 17.9. The quantitative estimate of drug-likeness (QED) is 0.656. The summed E-state index contributed by atoms with van der Waals surface area (Å²) in [7, 11) is 0. The number of aliphatic imine (C=N–C) groups is 1. The van der Waals surface area contributed by atoms with Gasteiger partial charge in [-0.2, -0.15) is 0 Å². The highest BCUT2D eigenvalue weighted by Crippen LogP contribution is 2.60. The van der Waals surface area contributed by atoms with E-state index in [1.807, 2.05) is 25.7 Å². The minimum atomic E-state index is -0.436. The van der Waals surface area contributed by atoms with Gasteiger partial charge in [0.1, 0.15) is 5.60 Å². The third-order valence-electron chi connectivity index (χ3n) is 5.79. The molecule has 3 fully saturated rings. The first-order valence-electron chi connectivity index (χ1n) is 9.39. The van der Waals surface area contributed by atoms with Crippen LogP contribution >= 0.6 is 24.0 Å². The van der Waals surface area contributed by atoms with Crippen molar-refractivity contribution in [2.24, 2.45) is 16.3 Å². The van der Waals surface area contributed by atoms with Crippen LogP contribution in [0.15, 0.2) is 4.99 Å². The number of hydrogen-bond acceptors (Lipinski definition) is 5. The van der Waals surface area contributed by atoms with Crippen LogP contribution in [0.3, 0.4) is 0 Å². The fraction of sp³-hybridized carbons (Fsp3) is 0.889. The summed E-state index contributed by atoms with van der Waals surface area (Å²) in [5.74, 6) is 2.02. The monoisotopic (exact) mass is 462 g/mol. The van der Waals surface area contributed by atoms with Gasteiger partial charge in [-0.1, -0.05) is 0 Å². The molecule has 0 bridgehead atoms. The molecule has 7 heteroatoms. The molecule has 4 aliphatic rings. The number of carbonyl (C=O) groups is 1. The molecule has 25 heavy (non-hydrogen) atoms. The highest BCUT2D eigenvalue weighted by Gasteiger charge is 2.53. The molecule has 4 rings (SSSR count). The van der Waals surface area contributed by atoms with Crippen LogP contribution in [-0.2, 0) is 4.74 Å². The Kier molecular flexibility index (Phi) is 5.16. The average Bonchev–Trinajstić information content (AvgIpc) is 3.40. The second-order valence-corrected chi connectivity index (χ2v) is 8.93. The van der Waals surface area contributed by atoms with Gasteiger partial charge in [0.2, 0.25) is 0 Å². The standard InChI is InChI=1S/C18H30N4O2.HI/c1-17(2,3)24-16(23)21-8-9-22-14(11-21)10-19-15(22)20-12-18(6-7-18)13-4-5-13;/h13-14H,4-12H2,1-3H3,(H,19,20);1H. The molecule has 1 unspecified atom stereocenters. The lowest BCUT2D eigenvalue weighted by Gasteiger charge is -2.39. The highest BCUT2D eigenvalue weighted by atomic mass is 127. The predicted octanol–water partition coefficient (Wildman–Crippen LogP) is 2.68. The van der Waals surface area contributed by atoms with Gasteiger partial charge in [-0.3, -0.25) is 4.99 Å². The topological polar surface area (TPSA) is 57.2 Å². The molecule has 142 valence electrons. The van der Waals surface area contributed by atoms with Gasteiger partial charge in [0.25, 0.3) is 0 Å². The third kappa shape index (κ3) is 4.17. The van der Waals surface area contributed by atoms with E-state index in [0.29, 0.717) is 24.5 Å². The van der Waals surface area contributed by atoms with Gasteiger partial charge < -0.3 is 19.9 Å². The molecule has 2 aliphatic heterocycles. The molecule has 2 saturated carbocycles. The van der Waals surface area contributed by atoms with Gasteiger partial charge in [0.05, 0.1) is 12.6 Å². The van der Waals surface area contributed by atoms with Gasteiger partial charge in [0, 0.05) is 26.2 Å². The smallest absolute Gasteiger partial charge is 0.410 e. The average molecular weight is 462 g/mol. The van der Waals surface area contributed by atoms with Gasteiger partial charge >= 0.3 is 6.09 Å². The maximum absolute atomic E-state index is 12.3. The van der Waals surface area contributed by atoms with Crippen LogP contribution in [0, 0.1) is 11.3 Å². The Labute approximate surface area is 167 Å². The van der Waals surface area contributed by atoms with E-state index in [-0.39, 0.29) is 30.1 Å². The number of piperazine rings is 1. The first-order valence-corrected chi connectivity index (χ1v) is 9.39. The van der Waals surface area contributed by atoms with Crippen molar-refractivity contribution in [2.75, 3.05) is 32.7 Å². The number of halogens is 1. The molecule has 6 nitrogen and oxygen atoms in total. The number of fused-ring (bicyclic) bond motifs is 1. The van der Waals surface area contributed by atoms with Gasteiger partial charge in [-0.25, -0.2) is 4.79 Å². The van der Waals surface area contributed by atoms with E-state index in [1.165, 1.54) is 25.7 Å². The number of rotatable bonds is 3. The summed E-state index contributed by atoms with van der Waals surface area (Å²) >= 11 is 0. The van der Waals surface area contributed by atoms with E-state index < -0.39 is 5.60 Å². The second kappa shape index (κ2) is 6.78. The molecule has 0 aromatic carbocycles.